The second-order valence-corrected chi connectivity index (χ2v) is 5.45. The highest BCUT2D eigenvalue weighted by Crippen LogP contribution is 2.20. The number of hydrogen-bond donors (Lipinski definition) is 1. The van der Waals surface area contributed by atoms with E-state index < -0.39 is 0 Å². The fourth-order valence-corrected chi connectivity index (χ4v) is 2.96. The molecule has 2 nitrogen and oxygen atoms in total. The molecule has 0 saturated carbocycles. The Hall–Kier alpha value is -0.830. The average Bonchev–Trinajstić information content (AvgIpc) is 2.36. The Morgan fingerprint density at radius 2 is 1.89 bits per heavy atom. The number of halogens is 1. The molecule has 0 unspecified atom stereocenters. The van der Waals surface area contributed by atoms with E-state index in [4.69, 9.17) is 0 Å². The van der Waals surface area contributed by atoms with Crippen LogP contribution < -0.4 is 5.32 Å². The normalized spacial score (nSPS) is 11.4. The summed E-state index contributed by atoms with van der Waals surface area (Å²) in [6, 6.07) is 5.93. The topological polar surface area (TPSA) is 29.1 Å². The lowest BCUT2D eigenvalue weighted by molar-refractivity contribution is 0.0903. The molecule has 1 rings (SSSR count). The van der Waals surface area contributed by atoms with Crippen LogP contribution >= 0.6 is 15.9 Å². The van der Waals surface area contributed by atoms with Crippen molar-refractivity contribution in [1.82, 2.24) is 5.32 Å². The van der Waals surface area contributed by atoms with Crippen molar-refractivity contribution in [2.45, 2.75) is 46.1 Å². The number of amides is 1. The number of nitrogens with one attached hydrogen (secondary N) is 1. The minimum absolute atomic E-state index is 0.0238. The van der Waals surface area contributed by atoms with Gasteiger partial charge in [-0.3, -0.25) is 4.79 Å². The van der Waals surface area contributed by atoms with Gasteiger partial charge in [-0.1, -0.05) is 47.5 Å². The molecule has 3 heteroatoms. The summed E-state index contributed by atoms with van der Waals surface area (Å²) >= 11 is 3.51. The van der Waals surface area contributed by atoms with Crippen molar-refractivity contribution in [1.29, 1.82) is 0 Å². The van der Waals surface area contributed by atoms with Gasteiger partial charge in [0.2, 0.25) is 0 Å². The Labute approximate surface area is 118 Å². The first-order chi connectivity index (χ1) is 8.48. The van der Waals surface area contributed by atoms with Gasteiger partial charge in [-0.2, -0.15) is 0 Å². The van der Waals surface area contributed by atoms with Crippen LogP contribution in [0.3, 0.4) is 0 Å². The van der Waals surface area contributed by atoms with Crippen LogP contribution in [0.25, 0.3) is 0 Å². The molecular formula is C15H22BrNO. The molecule has 18 heavy (non-hydrogen) atoms. The van der Waals surface area contributed by atoms with E-state index in [1.54, 1.807) is 0 Å². The molecular weight excluding hydrogens is 290 g/mol. The quantitative estimate of drug-likeness (QED) is 0.819. The second kappa shape index (κ2) is 6.37. The Balaban J connectivity index is 2.94. The highest BCUT2D eigenvalue weighted by Gasteiger charge is 2.27. The van der Waals surface area contributed by atoms with Crippen molar-refractivity contribution in [2.24, 2.45) is 0 Å². The molecule has 1 N–H and O–H groups in total. The summed E-state index contributed by atoms with van der Waals surface area (Å²) in [5.74, 6) is 0.0238. The zero-order valence-corrected chi connectivity index (χ0v) is 13.2. The molecule has 0 aliphatic rings. The molecule has 0 saturated heterocycles. The van der Waals surface area contributed by atoms with Crippen LogP contribution in [0, 0.1) is 13.8 Å². The van der Waals surface area contributed by atoms with Gasteiger partial charge in [0, 0.05) is 16.4 Å². The maximum atomic E-state index is 12.3. The summed E-state index contributed by atoms with van der Waals surface area (Å²) in [6.07, 6.45) is 1.84. The van der Waals surface area contributed by atoms with Gasteiger partial charge >= 0.3 is 0 Å². The van der Waals surface area contributed by atoms with Crippen LogP contribution in [0.15, 0.2) is 18.2 Å². The first-order valence-corrected chi connectivity index (χ1v) is 7.56. The van der Waals surface area contributed by atoms with Crippen LogP contribution in [0.5, 0.6) is 0 Å². The van der Waals surface area contributed by atoms with Crippen molar-refractivity contribution >= 4 is 21.8 Å². The summed E-state index contributed by atoms with van der Waals surface area (Å²) in [6.45, 7) is 8.23. The molecule has 100 valence electrons. The van der Waals surface area contributed by atoms with Crippen LogP contribution in [0.2, 0.25) is 0 Å². The number of aryl methyl sites for hydroxylation is 2. The van der Waals surface area contributed by atoms with Crippen LogP contribution in [-0.4, -0.2) is 16.8 Å². The zero-order valence-electron chi connectivity index (χ0n) is 11.6. The van der Waals surface area contributed by atoms with Crippen molar-refractivity contribution in [3.63, 3.8) is 0 Å². The Kier molecular flexibility index (Phi) is 5.39. The third-order valence-corrected chi connectivity index (χ3v) is 4.69. The van der Waals surface area contributed by atoms with E-state index in [-0.39, 0.29) is 11.4 Å². The number of alkyl halides is 1. The van der Waals surface area contributed by atoms with Crippen molar-refractivity contribution in [2.75, 3.05) is 5.33 Å². The van der Waals surface area contributed by atoms with Gasteiger partial charge in [0.25, 0.3) is 5.91 Å². The molecule has 0 atom stereocenters. The number of carbonyl (C=O) groups excluding carboxylic acids is 1. The van der Waals surface area contributed by atoms with Gasteiger partial charge in [-0.05, 0) is 38.3 Å². The highest BCUT2D eigenvalue weighted by atomic mass is 79.9. The molecule has 0 radical (unpaired) electrons. The lowest BCUT2D eigenvalue weighted by Crippen LogP contribution is -2.49. The van der Waals surface area contributed by atoms with Gasteiger partial charge in [-0.15, -0.1) is 0 Å². The maximum Gasteiger partial charge on any atom is 0.252 e. The molecule has 0 aromatic heterocycles. The summed E-state index contributed by atoms with van der Waals surface area (Å²) in [5.41, 5.74) is 2.84. The molecule has 1 aromatic rings. The van der Waals surface area contributed by atoms with Crippen LogP contribution in [-0.2, 0) is 0 Å². The monoisotopic (exact) mass is 311 g/mol. The van der Waals surface area contributed by atoms with E-state index in [0.29, 0.717) is 0 Å². The SMILES string of the molecule is CCC(CC)(CBr)NC(=O)c1ccc(C)cc1C. The summed E-state index contributed by atoms with van der Waals surface area (Å²) in [7, 11) is 0. The van der Waals surface area contributed by atoms with E-state index >= 15 is 0 Å². The number of benzene rings is 1. The van der Waals surface area contributed by atoms with Crippen molar-refractivity contribution < 1.29 is 4.79 Å². The van der Waals surface area contributed by atoms with E-state index in [1.165, 1.54) is 5.56 Å². The standard InChI is InChI=1S/C15H22BrNO/c1-5-15(6-2,10-16)17-14(18)13-8-7-11(3)9-12(13)4/h7-9H,5-6,10H2,1-4H3,(H,17,18). The predicted molar refractivity (Wildman–Crippen MR) is 80.5 cm³/mol. The Bertz CT molecular complexity index is 416. The predicted octanol–water partition coefficient (Wildman–Crippen LogP) is 3.99. The van der Waals surface area contributed by atoms with Crippen LogP contribution in [0.1, 0.15) is 48.2 Å². The fourth-order valence-electron chi connectivity index (χ4n) is 2.03. The minimum atomic E-state index is -0.144. The summed E-state index contributed by atoms with van der Waals surface area (Å²) < 4.78 is 0. The number of carbonyl (C=O) groups is 1. The average molecular weight is 312 g/mol. The van der Waals surface area contributed by atoms with Gasteiger partial charge in [-0.25, -0.2) is 0 Å². The highest BCUT2D eigenvalue weighted by molar-refractivity contribution is 9.09. The molecule has 0 heterocycles. The van der Waals surface area contributed by atoms with Crippen LogP contribution in [0.4, 0.5) is 0 Å². The van der Waals surface area contributed by atoms with Crippen molar-refractivity contribution in [3.8, 4) is 0 Å². The fraction of sp³-hybridized carbons (Fsp3) is 0.533. The number of rotatable bonds is 5. The minimum Gasteiger partial charge on any atom is -0.346 e. The zero-order chi connectivity index (χ0) is 13.8. The first kappa shape index (κ1) is 15.2. The summed E-state index contributed by atoms with van der Waals surface area (Å²) in [4.78, 5) is 12.3. The lowest BCUT2D eigenvalue weighted by atomic mass is 9.94. The maximum absolute atomic E-state index is 12.3. The first-order valence-electron chi connectivity index (χ1n) is 6.43. The van der Waals surface area contributed by atoms with Gasteiger partial charge in [0.15, 0.2) is 0 Å². The molecule has 0 aliphatic heterocycles. The molecule has 0 fully saturated rings. The third kappa shape index (κ3) is 3.35. The molecule has 1 amide bonds. The van der Waals surface area contributed by atoms with Crippen molar-refractivity contribution in [3.05, 3.63) is 34.9 Å². The largest absolute Gasteiger partial charge is 0.346 e. The number of hydrogen-bond acceptors (Lipinski definition) is 1. The lowest BCUT2D eigenvalue weighted by Gasteiger charge is -2.31. The van der Waals surface area contributed by atoms with E-state index in [0.717, 1.165) is 29.3 Å². The van der Waals surface area contributed by atoms with E-state index in [2.05, 4.69) is 35.1 Å². The summed E-state index contributed by atoms with van der Waals surface area (Å²) in [5, 5.41) is 3.95. The molecule has 0 spiro atoms. The van der Waals surface area contributed by atoms with Gasteiger partial charge in [0.05, 0.1) is 0 Å². The smallest absolute Gasteiger partial charge is 0.252 e. The van der Waals surface area contributed by atoms with E-state index in [9.17, 15) is 4.79 Å². The van der Waals surface area contributed by atoms with E-state index in [1.807, 2.05) is 32.0 Å². The second-order valence-electron chi connectivity index (χ2n) is 4.89. The molecule has 1 aromatic carbocycles. The van der Waals surface area contributed by atoms with Gasteiger partial charge in [0.1, 0.15) is 0 Å². The molecule has 0 bridgehead atoms. The Morgan fingerprint density at radius 1 is 1.28 bits per heavy atom. The third-order valence-electron chi connectivity index (χ3n) is 3.61. The Morgan fingerprint density at radius 3 is 2.33 bits per heavy atom. The van der Waals surface area contributed by atoms with Gasteiger partial charge < -0.3 is 5.32 Å². The molecule has 0 aliphatic carbocycles.